The quantitative estimate of drug-likeness (QED) is 0.338. The van der Waals surface area contributed by atoms with Crippen molar-refractivity contribution in [3.8, 4) is 5.88 Å². The number of cyclic esters (lactones) is 1. The lowest BCUT2D eigenvalue weighted by atomic mass is 9.91. The normalized spacial score (nSPS) is 25.1. The zero-order valence-electron chi connectivity index (χ0n) is 23.3. The van der Waals surface area contributed by atoms with Crippen LogP contribution in [0.5, 0.6) is 5.88 Å². The molecule has 5 N–H and O–H groups in total. The summed E-state index contributed by atoms with van der Waals surface area (Å²) in [5, 5.41) is 9.09. The van der Waals surface area contributed by atoms with Gasteiger partial charge in [0, 0.05) is 42.5 Å². The highest BCUT2D eigenvalue weighted by molar-refractivity contribution is 7.13. The minimum absolute atomic E-state index is 0.0294. The second kappa shape index (κ2) is 11.4. The fourth-order valence-corrected chi connectivity index (χ4v) is 7.05. The molecule has 2 aliphatic heterocycles. The van der Waals surface area contributed by atoms with Gasteiger partial charge in [-0.1, -0.05) is 6.92 Å². The molecule has 0 radical (unpaired) electrons. The van der Waals surface area contributed by atoms with E-state index in [0.717, 1.165) is 67.8 Å². The van der Waals surface area contributed by atoms with Crippen molar-refractivity contribution in [3.05, 3.63) is 39.7 Å². The molecule has 5 heterocycles. The number of carbonyl (C=O) groups excluding carboxylic acids is 2. The Labute approximate surface area is 242 Å². The zero-order chi connectivity index (χ0) is 28.7. The van der Waals surface area contributed by atoms with Gasteiger partial charge in [-0.2, -0.15) is 5.10 Å². The van der Waals surface area contributed by atoms with E-state index >= 15 is 0 Å². The van der Waals surface area contributed by atoms with Gasteiger partial charge in [0.2, 0.25) is 5.88 Å². The molecule has 1 saturated heterocycles. The third-order valence-electron chi connectivity index (χ3n) is 8.24. The monoisotopic (exact) mass is 580 g/mol. The molecule has 6 rings (SSSR count). The van der Waals surface area contributed by atoms with Gasteiger partial charge in [-0.05, 0) is 57.9 Å². The van der Waals surface area contributed by atoms with E-state index in [1.54, 1.807) is 4.52 Å². The maximum atomic E-state index is 12.4. The minimum atomic E-state index is -0.837. The topological polar surface area (TPSA) is 163 Å². The van der Waals surface area contributed by atoms with Crippen LogP contribution in [-0.2, 0) is 9.53 Å². The molecule has 2 atom stereocenters. The van der Waals surface area contributed by atoms with Crippen molar-refractivity contribution >= 4 is 40.0 Å². The van der Waals surface area contributed by atoms with E-state index < -0.39 is 12.1 Å². The van der Waals surface area contributed by atoms with E-state index in [9.17, 15) is 9.59 Å². The number of thiazole rings is 1. The summed E-state index contributed by atoms with van der Waals surface area (Å²) >= 11 is 1.28. The van der Waals surface area contributed by atoms with Gasteiger partial charge in [0.25, 0.3) is 5.91 Å². The first kappa shape index (κ1) is 27.6. The van der Waals surface area contributed by atoms with Crippen LogP contribution < -0.4 is 26.4 Å². The van der Waals surface area contributed by atoms with Crippen LogP contribution in [0.15, 0.2) is 24.2 Å². The average Bonchev–Trinajstić information content (AvgIpc) is 3.64. The van der Waals surface area contributed by atoms with E-state index in [2.05, 4.69) is 31.3 Å². The van der Waals surface area contributed by atoms with Crippen LogP contribution in [-0.4, -0.2) is 69.0 Å². The number of piperidine rings is 1. The highest BCUT2D eigenvalue weighted by atomic mass is 32.1. The number of ether oxygens (including phenoxy) is 2. The summed E-state index contributed by atoms with van der Waals surface area (Å²) in [4.78, 5) is 35.9. The Morgan fingerprint density at radius 1 is 1.24 bits per heavy atom. The van der Waals surface area contributed by atoms with Crippen molar-refractivity contribution in [1.82, 2.24) is 24.9 Å². The third-order valence-corrected chi connectivity index (χ3v) is 9.21. The maximum Gasteiger partial charge on any atom is 0.336 e. The second-order valence-corrected chi connectivity index (χ2v) is 12.2. The van der Waals surface area contributed by atoms with Gasteiger partial charge in [-0.15, -0.1) is 11.3 Å². The molecule has 13 heteroatoms. The summed E-state index contributed by atoms with van der Waals surface area (Å²) in [5.74, 6) is -0.496. The number of nitrogens with one attached hydrogen (secondary N) is 1. The van der Waals surface area contributed by atoms with E-state index in [1.807, 2.05) is 20.0 Å². The number of anilines is 1. The lowest BCUT2D eigenvalue weighted by Gasteiger charge is -2.38. The number of nitrogens with zero attached hydrogens (tertiary/aromatic N) is 5. The average molecular weight is 581 g/mol. The van der Waals surface area contributed by atoms with E-state index in [4.69, 9.17) is 20.9 Å². The van der Waals surface area contributed by atoms with Gasteiger partial charge in [-0.3, -0.25) is 10.5 Å². The van der Waals surface area contributed by atoms with Crippen LogP contribution in [0.25, 0.3) is 11.1 Å². The Kier molecular flexibility index (Phi) is 7.66. The molecule has 1 amide bonds. The first-order chi connectivity index (χ1) is 19.8. The van der Waals surface area contributed by atoms with Gasteiger partial charge >= 0.3 is 5.97 Å². The van der Waals surface area contributed by atoms with Gasteiger partial charge < -0.3 is 25.4 Å². The molecule has 218 valence electrons. The second-order valence-electron chi connectivity index (χ2n) is 10.9. The molecule has 3 aromatic heterocycles. The summed E-state index contributed by atoms with van der Waals surface area (Å²) < 4.78 is 13.2. The number of aryl methyl sites for hydroxylation is 1. The number of esters is 1. The van der Waals surface area contributed by atoms with Gasteiger partial charge in [0.05, 0.1) is 10.7 Å². The molecule has 3 aromatic rings. The fraction of sp³-hybridized carbons (Fsp3) is 0.536. The first-order valence-corrected chi connectivity index (χ1v) is 15.1. The summed E-state index contributed by atoms with van der Waals surface area (Å²) in [6.45, 7) is 5.54. The maximum absolute atomic E-state index is 12.4. The number of nitrogens with two attached hydrogens (primary N) is 2. The summed E-state index contributed by atoms with van der Waals surface area (Å²) in [5.41, 5.74) is 15.5. The minimum Gasteiger partial charge on any atom is -0.473 e. The Balaban J connectivity index is 1.13. The van der Waals surface area contributed by atoms with Crippen molar-refractivity contribution in [1.29, 1.82) is 0 Å². The zero-order valence-corrected chi connectivity index (χ0v) is 24.2. The molecule has 0 bridgehead atoms. The van der Waals surface area contributed by atoms with Gasteiger partial charge in [-0.25, -0.2) is 19.3 Å². The fourth-order valence-electron chi connectivity index (χ4n) is 6.34. The van der Waals surface area contributed by atoms with Crippen molar-refractivity contribution in [2.24, 2.45) is 11.5 Å². The van der Waals surface area contributed by atoms with Crippen LogP contribution in [0.3, 0.4) is 0 Å². The number of carbonyl (C=O) groups is 2. The van der Waals surface area contributed by atoms with Crippen LogP contribution in [0, 0.1) is 6.92 Å². The summed E-state index contributed by atoms with van der Waals surface area (Å²) in [6.07, 6.45) is 9.05. The lowest BCUT2D eigenvalue weighted by molar-refractivity contribution is -0.139. The van der Waals surface area contributed by atoms with Crippen LogP contribution in [0.2, 0.25) is 0 Å². The predicted octanol–water partition coefficient (Wildman–Crippen LogP) is 2.55. The summed E-state index contributed by atoms with van der Waals surface area (Å²) in [6, 6.07) is 2.80. The van der Waals surface area contributed by atoms with E-state index in [0.29, 0.717) is 46.1 Å². The highest BCUT2D eigenvalue weighted by Gasteiger charge is 2.35. The van der Waals surface area contributed by atoms with Crippen molar-refractivity contribution in [2.75, 3.05) is 18.0 Å². The number of fused-ring (bicyclic) bond motifs is 1. The van der Waals surface area contributed by atoms with Crippen LogP contribution >= 0.6 is 11.3 Å². The Morgan fingerprint density at radius 2 is 2.05 bits per heavy atom. The van der Waals surface area contributed by atoms with Gasteiger partial charge in [0.1, 0.15) is 23.6 Å². The van der Waals surface area contributed by atoms with Crippen molar-refractivity contribution < 1.29 is 19.1 Å². The smallest absolute Gasteiger partial charge is 0.336 e. The predicted molar refractivity (Wildman–Crippen MR) is 155 cm³/mol. The molecule has 1 saturated carbocycles. The highest BCUT2D eigenvalue weighted by Crippen LogP contribution is 2.36. The third kappa shape index (κ3) is 5.41. The molecule has 0 unspecified atom stereocenters. The molecule has 2 fully saturated rings. The Hall–Kier alpha value is -3.55. The number of hydrogen-bond donors (Lipinski definition) is 3. The van der Waals surface area contributed by atoms with Crippen molar-refractivity contribution in [2.45, 2.75) is 83.2 Å². The van der Waals surface area contributed by atoms with E-state index in [1.165, 1.54) is 17.7 Å². The summed E-state index contributed by atoms with van der Waals surface area (Å²) in [7, 11) is 0. The number of aromatic nitrogens is 4. The molecular formula is C28H36N8O4S. The molecule has 1 aliphatic carbocycles. The molecule has 3 aliphatic rings. The van der Waals surface area contributed by atoms with Crippen molar-refractivity contribution in [3.63, 3.8) is 0 Å². The molecule has 12 nitrogen and oxygen atoms in total. The lowest BCUT2D eigenvalue weighted by Crippen LogP contribution is -2.50. The Morgan fingerprint density at radius 3 is 2.80 bits per heavy atom. The molecule has 0 aromatic carbocycles. The van der Waals surface area contributed by atoms with Gasteiger partial charge in [0.15, 0.2) is 11.1 Å². The molecular weight excluding hydrogens is 544 g/mol. The van der Waals surface area contributed by atoms with Crippen LogP contribution in [0.4, 0.5) is 5.69 Å². The SMILES string of the molecule is CCC1=C(c2ncnn3ccc(N4CCC[C@@H](NC5CCC(Oc6nc(C)sc6C(N)=O)CC5)C4)c23)[C@H](N)OC1=O. The number of amides is 1. The standard InChI is InChI=1S/C28H36N8O4S/c1-3-19-21(26(30)40-28(19)38)22-23-20(10-12-36(23)32-14-31-22)35-11-4-5-17(13-35)34-16-6-8-18(9-7-16)39-27-24(25(29)37)41-15(2)33-27/h10,12,14,16-18,26,34H,3-9,11,13,30H2,1-2H3,(H2,29,37)/t16?,17-,18?,26-/m1/s1. The van der Waals surface area contributed by atoms with Crippen LogP contribution in [0.1, 0.15) is 72.2 Å². The Bertz CT molecular complexity index is 1490. The largest absolute Gasteiger partial charge is 0.473 e. The molecule has 0 spiro atoms. The first-order valence-electron chi connectivity index (χ1n) is 14.3. The number of rotatable bonds is 8. The number of primary amides is 1. The number of hydrogen-bond acceptors (Lipinski definition) is 11. The van der Waals surface area contributed by atoms with E-state index in [-0.39, 0.29) is 12.1 Å². The molecule has 41 heavy (non-hydrogen) atoms.